The van der Waals surface area contributed by atoms with Gasteiger partial charge in [-0.1, -0.05) is 18.2 Å². The molecule has 0 unspecified atom stereocenters. The molecule has 178 valence electrons. The molecule has 5 rings (SSSR count). The Kier molecular flexibility index (Phi) is 5.74. The van der Waals surface area contributed by atoms with Crippen molar-refractivity contribution in [2.24, 2.45) is 0 Å². The molecule has 0 N–H and O–H groups in total. The number of ether oxygens (including phenoxy) is 1. The molecule has 9 heteroatoms. The molecule has 8 nitrogen and oxygen atoms in total. The fraction of sp³-hybridized carbons (Fsp3) is 0.111. The maximum Gasteiger partial charge on any atom is 0.336 e. The Labute approximate surface area is 206 Å². The summed E-state index contributed by atoms with van der Waals surface area (Å²) in [6.07, 6.45) is 0. The third kappa shape index (κ3) is 4.19. The lowest BCUT2D eigenvalue weighted by Crippen LogP contribution is -2.16. The van der Waals surface area contributed by atoms with E-state index in [-0.39, 0.29) is 27.8 Å². The number of aromatic nitrogens is 2. The summed E-state index contributed by atoms with van der Waals surface area (Å²) in [6, 6.07) is 21.2. The van der Waals surface area contributed by atoms with Gasteiger partial charge >= 0.3 is 5.63 Å². The Morgan fingerprint density at radius 2 is 1.64 bits per heavy atom. The lowest BCUT2D eigenvalue weighted by atomic mass is 10.1. The number of rotatable bonds is 5. The Morgan fingerprint density at radius 1 is 0.917 bits per heavy atom. The monoisotopic (exact) mass is 497 g/mol. The normalized spacial score (nSPS) is 12.4. The van der Waals surface area contributed by atoms with Gasteiger partial charge in [-0.3, -0.25) is 0 Å². The molecule has 2 heterocycles. The highest BCUT2D eigenvalue weighted by Gasteiger charge is 2.34. The number of nitrogens with zero attached hydrogens (tertiary/aromatic N) is 3. The van der Waals surface area contributed by atoms with Crippen LogP contribution in [-0.2, 0) is 9.84 Å². The Hall–Kier alpha value is -4.55. The summed E-state index contributed by atoms with van der Waals surface area (Å²) in [5, 5.41) is 9.04. The summed E-state index contributed by atoms with van der Waals surface area (Å²) >= 11 is 0. The van der Waals surface area contributed by atoms with Gasteiger partial charge in [-0.05, 0) is 67.4 Å². The van der Waals surface area contributed by atoms with Crippen LogP contribution >= 0.6 is 0 Å². The van der Waals surface area contributed by atoms with Crippen LogP contribution in [0.5, 0.6) is 11.6 Å². The summed E-state index contributed by atoms with van der Waals surface area (Å²) in [7, 11) is -4.17. The quantitative estimate of drug-likeness (QED) is 0.304. The van der Waals surface area contributed by atoms with E-state index in [4.69, 9.17) is 9.15 Å². The number of aryl methyl sites for hydroxylation is 2. The summed E-state index contributed by atoms with van der Waals surface area (Å²) in [5.74, 6) is 0.105. The van der Waals surface area contributed by atoms with Crippen molar-refractivity contribution in [1.29, 1.82) is 5.26 Å². The van der Waals surface area contributed by atoms with Crippen molar-refractivity contribution in [1.82, 2.24) is 9.97 Å². The molecule has 0 aliphatic heterocycles. The average molecular weight is 498 g/mol. The maximum atomic E-state index is 13.6. The minimum Gasteiger partial charge on any atom is -0.437 e. The van der Waals surface area contributed by atoms with Crippen LogP contribution in [0.2, 0.25) is 0 Å². The number of nitriles is 1. The van der Waals surface area contributed by atoms with Gasteiger partial charge in [0.2, 0.25) is 15.7 Å². The van der Waals surface area contributed by atoms with Crippen molar-refractivity contribution in [2.75, 3.05) is 0 Å². The summed E-state index contributed by atoms with van der Waals surface area (Å²) in [6.45, 7) is 3.68. The molecule has 0 aliphatic rings. The SMILES string of the molecule is Cc1ccc(S(=O)(=O)[C@@H](C#N)c2nc3ccccc3nc2Oc2ccc3ccc(=O)oc3c2)cc1C. The van der Waals surface area contributed by atoms with Crippen molar-refractivity contribution in [2.45, 2.75) is 24.0 Å². The highest BCUT2D eigenvalue weighted by Crippen LogP contribution is 2.36. The van der Waals surface area contributed by atoms with Crippen LogP contribution in [0, 0.1) is 25.2 Å². The standard InChI is InChI=1S/C27H19N3O5S/c1-16-7-11-20(13-17(16)2)36(32,33)24(15-28)26-27(30-22-6-4-3-5-21(22)29-26)34-19-10-8-18-9-12-25(31)35-23(18)14-19/h3-14,24H,1-2H3/t24-/m0/s1. The number of sulfone groups is 1. The van der Waals surface area contributed by atoms with Crippen molar-refractivity contribution in [3.63, 3.8) is 0 Å². The zero-order valence-electron chi connectivity index (χ0n) is 19.3. The van der Waals surface area contributed by atoms with Gasteiger partial charge in [-0.2, -0.15) is 5.26 Å². The van der Waals surface area contributed by atoms with E-state index in [1.807, 2.05) is 13.0 Å². The molecule has 5 aromatic rings. The van der Waals surface area contributed by atoms with Crippen LogP contribution in [0.15, 0.2) is 86.9 Å². The fourth-order valence-corrected chi connectivity index (χ4v) is 5.22. The van der Waals surface area contributed by atoms with E-state index in [1.165, 1.54) is 24.3 Å². The molecule has 0 saturated heterocycles. The van der Waals surface area contributed by atoms with E-state index < -0.39 is 20.7 Å². The van der Waals surface area contributed by atoms with Gasteiger partial charge in [-0.25, -0.2) is 23.2 Å². The van der Waals surface area contributed by atoms with E-state index in [9.17, 15) is 18.5 Å². The van der Waals surface area contributed by atoms with Crippen LogP contribution in [0.3, 0.4) is 0 Å². The average Bonchev–Trinajstić information content (AvgIpc) is 2.86. The molecule has 0 saturated carbocycles. The largest absolute Gasteiger partial charge is 0.437 e. The fourth-order valence-electron chi connectivity index (χ4n) is 3.76. The van der Waals surface area contributed by atoms with Crippen LogP contribution in [-0.4, -0.2) is 18.4 Å². The smallest absolute Gasteiger partial charge is 0.336 e. The van der Waals surface area contributed by atoms with Gasteiger partial charge in [0.25, 0.3) is 0 Å². The molecule has 0 spiro atoms. The van der Waals surface area contributed by atoms with Crippen LogP contribution < -0.4 is 10.4 Å². The Bertz CT molecular complexity index is 1860. The zero-order valence-corrected chi connectivity index (χ0v) is 20.1. The molecular weight excluding hydrogens is 478 g/mol. The molecular formula is C27H19N3O5S. The van der Waals surface area contributed by atoms with Gasteiger partial charge in [0.1, 0.15) is 17.0 Å². The molecule has 0 bridgehead atoms. The number of benzene rings is 3. The topological polar surface area (TPSA) is 123 Å². The molecule has 0 radical (unpaired) electrons. The first-order valence-electron chi connectivity index (χ1n) is 11.0. The summed E-state index contributed by atoms with van der Waals surface area (Å²) < 4.78 is 38.4. The van der Waals surface area contributed by atoms with E-state index in [1.54, 1.807) is 55.5 Å². The molecule has 0 aliphatic carbocycles. The lowest BCUT2D eigenvalue weighted by molar-refractivity contribution is 0.453. The number of hydrogen-bond acceptors (Lipinski definition) is 8. The van der Waals surface area contributed by atoms with Crippen molar-refractivity contribution < 1.29 is 17.6 Å². The Morgan fingerprint density at radius 3 is 2.36 bits per heavy atom. The molecule has 0 fully saturated rings. The van der Waals surface area contributed by atoms with Crippen molar-refractivity contribution in [3.05, 3.63) is 100 Å². The first-order valence-corrected chi connectivity index (χ1v) is 12.5. The number of fused-ring (bicyclic) bond motifs is 2. The summed E-state index contributed by atoms with van der Waals surface area (Å²) in [4.78, 5) is 20.6. The van der Waals surface area contributed by atoms with E-state index in [0.29, 0.717) is 16.4 Å². The van der Waals surface area contributed by atoms with Gasteiger partial charge < -0.3 is 9.15 Å². The lowest BCUT2D eigenvalue weighted by Gasteiger charge is -2.16. The first kappa shape index (κ1) is 23.2. The highest BCUT2D eigenvalue weighted by atomic mass is 32.2. The second-order valence-corrected chi connectivity index (χ2v) is 10.3. The molecule has 36 heavy (non-hydrogen) atoms. The minimum absolute atomic E-state index is 0.00513. The number of hydrogen-bond donors (Lipinski definition) is 0. The van der Waals surface area contributed by atoms with Crippen LogP contribution in [0.4, 0.5) is 0 Å². The third-order valence-electron chi connectivity index (χ3n) is 5.86. The van der Waals surface area contributed by atoms with Crippen molar-refractivity contribution >= 4 is 31.8 Å². The molecule has 2 aromatic heterocycles. The molecule has 0 amide bonds. The van der Waals surface area contributed by atoms with E-state index in [2.05, 4.69) is 9.97 Å². The van der Waals surface area contributed by atoms with E-state index in [0.717, 1.165) is 11.1 Å². The first-order chi connectivity index (χ1) is 17.3. The second-order valence-electron chi connectivity index (χ2n) is 8.26. The molecule has 1 atom stereocenters. The predicted octanol–water partition coefficient (Wildman–Crippen LogP) is 5.18. The third-order valence-corrected chi connectivity index (χ3v) is 7.72. The van der Waals surface area contributed by atoms with E-state index >= 15 is 0 Å². The highest BCUT2D eigenvalue weighted by molar-refractivity contribution is 7.92. The van der Waals surface area contributed by atoms with Gasteiger partial charge in [0, 0.05) is 17.5 Å². The number of para-hydroxylation sites is 2. The molecule has 3 aromatic carbocycles. The Balaban J connectivity index is 1.67. The predicted molar refractivity (Wildman–Crippen MR) is 134 cm³/mol. The summed E-state index contributed by atoms with van der Waals surface area (Å²) in [5.41, 5.74) is 2.23. The van der Waals surface area contributed by atoms with Crippen molar-refractivity contribution in [3.8, 4) is 17.7 Å². The van der Waals surface area contributed by atoms with Gasteiger partial charge in [0.05, 0.1) is 22.0 Å². The van der Waals surface area contributed by atoms with Crippen LogP contribution in [0.1, 0.15) is 22.1 Å². The van der Waals surface area contributed by atoms with Gasteiger partial charge in [0.15, 0.2) is 5.25 Å². The van der Waals surface area contributed by atoms with Crippen LogP contribution in [0.25, 0.3) is 22.0 Å². The maximum absolute atomic E-state index is 13.6. The minimum atomic E-state index is -4.17. The second kappa shape index (κ2) is 8.91. The zero-order chi connectivity index (χ0) is 25.4. The van der Waals surface area contributed by atoms with Gasteiger partial charge in [-0.15, -0.1) is 0 Å².